The highest BCUT2D eigenvalue weighted by Crippen LogP contribution is 2.25. The molecular formula is C19H18N4O3. The van der Waals surface area contributed by atoms with E-state index in [-0.39, 0.29) is 11.6 Å². The molecule has 0 atom stereocenters. The van der Waals surface area contributed by atoms with Gasteiger partial charge in [-0.05, 0) is 30.7 Å². The maximum absolute atomic E-state index is 12.3. The number of hydrogen-bond acceptors (Lipinski definition) is 5. The van der Waals surface area contributed by atoms with Crippen LogP contribution in [0.5, 0.6) is 0 Å². The first-order valence-corrected chi connectivity index (χ1v) is 8.26. The molecule has 0 N–H and O–H groups in total. The molecule has 0 bridgehead atoms. The summed E-state index contributed by atoms with van der Waals surface area (Å²) in [6.07, 6.45) is 1.53. The number of carbonyl (C=O) groups is 1. The minimum absolute atomic E-state index is 0.0217. The Balaban J connectivity index is 1.64. The summed E-state index contributed by atoms with van der Waals surface area (Å²) >= 11 is 0. The van der Waals surface area contributed by atoms with E-state index in [4.69, 9.17) is 0 Å². The minimum atomic E-state index is -0.437. The third-order valence-electron chi connectivity index (χ3n) is 4.16. The van der Waals surface area contributed by atoms with Gasteiger partial charge in [-0.3, -0.25) is 14.9 Å². The maximum Gasteiger partial charge on any atom is 0.311 e. The summed E-state index contributed by atoms with van der Waals surface area (Å²) in [5, 5.41) is 11.1. The predicted molar refractivity (Wildman–Crippen MR) is 97.7 cm³/mol. The molecule has 1 fully saturated rings. The summed E-state index contributed by atoms with van der Waals surface area (Å²) in [4.78, 5) is 30.6. The zero-order valence-corrected chi connectivity index (χ0v) is 14.4. The number of benzene rings is 1. The minimum Gasteiger partial charge on any atom is -0.347 e. The number of pyridine rings is 1. The van der Waals surface area contributed by atoms with Crippen molar-refractivity contribution in [3.63, 3.8) is 0 Å². The summed E-state index contributed by atoms with van der Waals surface area (Å²) < 4.78 is 0. The van der Waals surface area contributed by atoms with Crippen LogP contribution in [0.15, 0.2) is 42.6 Å². The van der Waals surface area contributed by atoms with Crippen LogP contribution < -0.4 is 4.90 Å². The van der Waals surface area contributed by atoms with Crippen LogP contribution >= 0.6 is 0 Å². The standard InChI is InChI=1S/C19H18N4O3/c1-15-4-2-5-16(14-15)7-8-18(24)21-10-12-22(13-11-21)19-17(23(25)26)6-3-9-20-19/h2-6,9,14H,10-13H2,1H3. The number of piperazine rings is 1. The largest absolute Gasteiger partial charge is 0.347 e. The Hall–Kier alpha value is -3.40. The highest BCUT2D eigenvalue weighted by molar-refractivity contribution is 5.94. The second-order valence-electron chi connectivity index (χ2n) is 6.00. The molecule has 0 aliphatic carbocycles. The second kappa shape index (κ2) is 7.66. The number of nitro groups is 1. The molecule has 0 spiro atoms. The van der Waals surface area contributed by atoms with Crippen LogP contribution in [0.3, 0.4) is 0 Å². The molecule has 0 radical (unpaired) electrons. The van der Waals surface area contributed by atoms with E-state index in [9.17, 15) is 14.9 Å². The van der Waals surface area contributed by atoms with Gasteiger partial charge in [0.05, 0.1) is 4.92 Å². The van der Waals surface area contributed by atoms with Crippen LogP contribution in [-0.2, 0) is 4.79 Å². The molecule has 1 saturated heterocycles. The van der Waals surface area contributed by atoms with Gasteiger partial charge in [0.1, 0.15) is 0 Å². The fourth-order valence-electron chi connectivity index (χ4n) is 2.82. The molecule has 132 valence electrons. The maximum atomic E-state index is 12.3. The summed E-state index contributed by atoms with van der Waals surface area (Å²) in [5.41, 5.74) is 1.88. The first-order valence-electron chi connectivity index (χ1n) is 8.26. The fourth-order valence-corrected chi connectivity index (χ4v) is 2.82. The number of anilines is 1. The van der Waals surface area contributed by atoms with E-state index in [1.54, 1.807) is 11.0 Å². The van der Waals surface area contributed by atoms with Crippen LogP contribution in [0.2, 0.25) is 0 Å². The van der Waals surface area contributed by atoms with Crippen molar-refractivity contribution < 1.29 is 9.72 Å². The van der Waals surface area contributed by atoms with Gasteiger partial charge in [0.2, 0.25) is 5.82 Å². The van der Waals surface area contributed by atoms with Gasteiger partial charge < -0.3 is 9.80 Å². The lowest BCUT2D eigenvalue weighted by atomic mass is 10.1. The van der Waals surface area contributed by atoms with Gasteiger partial charge in [-0.2, -0.15) is 0 Å². The molecule has 0 unspecified atom stereocenters. The lowest BCUT2D eigenvalue weighted by Gasteiger charge is -2.34. The van der Waals surface area contributed by atoms with Crippen molar-refractivity contribution in [3.05, 3.63) is 63.8 Å². The van der Waals surface area contributed by atoms with E-state index in [1.165, 1.54) is 12.3 Å². The highest BCUT2D eigenvalue weighted by Gasteiger charge is 2.26. The van der Waals surface area contributed by atoms with Crippen molar-refractivity contribution >= 4 is 17.4 Å². The first kappa shape index (κ1) is 17.4. The molecule has 26 heavy (non-hydrogen) atoms. The van der Waals surface area contributed by atoms with Crippen molar-refractivity contribution in [1.82, 2.24) is 9.88 Å². The Kier molecular flexibility index (Phi) is 5.13. The van der Waals surface area contributed by atoms with Crippen molar-refractivity contribution in [2.75, 3.05) is 31.1 Å². The molecule has 7 heteroatoms. The van der Waals surface area contributed by atoms with Crippen LogP contribution in [0.4, 0.5) is 11.5 Å². The SMILES string of the molecule is Cc1cccc(C#CC(=O)N2CCN(c3ncccc3[N+](=O)[O-])CC2)c1. The van der Waals surface area contributed by atoms with Gasteiger partial charge in [-0.25, -0.2) is 4.98 Å². The number of nitrogens with zero attached hydrogens (tertiary/aromatic N) is 4. The number of aromatic nitrogens is 1. The van der Waals surface area contributed by atoms with Crippen molar-refractivity contribution in [2.45, 2.75) is 6.92 Å². The Labute approximate surface area is 151 Å². The van der Waals surface area contributed by atoms with Gasteiger partial charge in [-0.1, -0.05) is 18.1 Å². The zero-order chi connectivity index (χ0) is 18.5. The number of amides is 1. The summed E-state index contributed by atoms with van der Waals surface area (Å²) in [6.45, 7) is 3.85. The summed E-state index contributed by atoms with van der Waals surface area (Å²) in [6, 6.07) is 10.7. The van der Waals surface area contributed by atoms with E-state index < -0.39 is 4.92 Å². The normalized spacial score (nSPS) is 13.7. The molecule has 7 nitrogen and oxygen atoms in total. The Morgan fingerprint density at radius 1 is 1.19 bits per heavy atom. The number of aryl methyl sites for hydroxylation is 1. The highest BCUT2D eigenvalue weighted by atomic mass is 16.6. The molecule has 1 aromatic carbocycles. The van der Waals surface area contributed by atoms with E-state index in [1.807, 2.05) is 36.1 Å². The van der Waals surface area contributed by atoms with E-state index in [0.29, 0.717) is 32.0 Å². The molecular weight excluding hydrogens is 332 g/mol. The Bertz CT molecular complexity index is 893. The van der Waals surface area contributed by atoms with E-state index >= 15 is 0 Å². The quantitative estimate of drug-likeness (QED) is 0.470. The van der Waals surface area contributed by atoms with Gasteiger partial charge in [0.25, 0.3) is 5.91 Å². The summed E-state index contributed by atoms with van der Waals surface area (Å²) in [5.74, 6) is 5.68. The number of hydrogen-bond donors (Lipinski definition) is 0. The average molecular weight is 350 g/mol. The average Bonchev–Trinajstić information content (AvgIpc) is 2.66. The molecule has 1 aromatic heterocycles. The third kappa shape index (κ3) is 3.98. The molecule has 3 rings (SSSR count). The summed E-state index contributed by atoms with van der Waals surface area (Å²) in [7, 11) is 0. The zero-order valence-electron chi connectivity index (χ0n) is 14.4. The topological polar surface area (TPSA) is 79.6 Å². The number of rotatable bonds is 2. The van der Waals surface area contributed by atoms with Crippen LogP contribution in [0.25, 0.3) is 0 Å². The Morgan fingerprint density at radius 3 is 2.65 bits per heavy atom. The lowest BCUT2D eigenvalue weighted by molar-refractivity contribution is -0.384. The van der Waals surface area contributed by atoms with E-state index in [2.05, 4.69) is 16.8 Å². The molecule has 1 amide bonds. The first-order chi connectivity index (χ1) is 12.5. The number of carbonyl (C=O) groups excluding carboxylic acids is 1. The molecule has 1 aliphatic heterocycles. The monoisotopic (exact) mass is 350 g/mol. The van der Waals surface area contributed by atoms with Crippen LogP contribution in [-0.4, -0.2) is 46.9 Å². The van der Waals surface area contributed by atoms with Crippen LogP contribution in [0, 0.1) is 28.9 Å². The second-order valence-corrected chi connectivity index (χ2v) is 6.00. The molecule has 1 aliphatic rings. The Morgan fingerprint density at radius 2 is 1.96 bits per heavy atom. The molecule has 2 heterocycles. The van der Waals surface area contributed by atoms with Gasteiger partial charge in [0, 0.05) is 49.9 Å². The molecule has 2 aromatic rings. The van der Waals surface area contributed by atoms with Gasteiger partial charge in [-0.15, -0.1) is 0 Å². The van der Waals surface area contributed by atoms with Gasteiger partial charge >= 0.3 is 5.69 Å². The lowest BCUT2D eigenvalue weighted by Crippen LogP contribution is -2.48. The predicted octanol–water partition coefficient (Wildman–Crippen LogP) is 2.00. The van der Waals surface area contributed by atoms with Gasteiger partial charge in [0.15, 0.2) is 0 Å². The van der Waals surface area contributed by atoms with Crippen molar-refractivity contribution in [1.29, 1.82) is 0 Å². The third-order valence-corrected chi connectivity index (χ3v) is 4.16. The fraction of sp³-hybridized carbons (Fsp3) is 0.263. The van der Waals surface area contributed by atoms with Crippen molar-refractivity contribution in [3.8, 4) is 11.8 Å². The van der Waals surface area contributed by atoms with Crippen LogP contribution in [0.1, 0.15) is 11.1 Å². The molecule has 0 saturated carbocycles. The van der Waals surface area contributed by atoms with Crippen molar-refractivity contribution in [2.24, 2.45) is 0 Å². The smallest absolute Gasteiger partial charge is 0.311 e. The van der Waals surface area contributed by atoms with E-state index in [0.717, 1.165) is 11.1 Å².